The van der Waals surface area contributed by atoms with Crippen LogP contribution in [0.25, 0.3) is 0 Å². The molecule has 1 atom stereocenters. The highest BCUT2D eigenvalue weighted by molar-refractivity contribution is 5.78. The maximum atomic E-state index is 13.5. The van der Waals surface area contributed by atoms with E-state index in [-0.39, 0.29) is 6.54 Å². The quantitative estimate of drug-likeness (QED) is 0.651. The van der Waals surface area contributed by atoms with E-state index >= 15 is 0 Å². The molecule has 0 saturated heterocycles. The molecule has 12 heavy (non-hydrogen) atoms. The molecule has 0 bridgehead atoms. The van der Waals surface area contributed by atoms with Crippen molar-refractivity contribution in [3.63, 3.8) is 0 Å². The summed E-state index contributed by atoms with van der Waals surface area (Å²) in [6, 6.07) is 0. The molecule has 0 fully saturated rings. The second-order valence-electron chi connectivity index (χ2n) is 3.50. The molecular formula is C8H16FNO2. The Morgan fingerprint density at radius 3 is 2.00 bits per heavy atom. The highest BCUT2D eigenvalue weighted by atomic mass is 19.1. The van der Waals surface area contributed by atoms with Crippen molar-refractivity contribution >= 4 is 5.97 Å². The maximum Gasteiger partial charge on any atom is 0.316 e. The van der Waals surface area contributed by atoms with Gasteiger partial charge in [-0.25, -0.2) is 4.39 Å². The number of carbonyl (C=O) groups is 1. The molecule has 4 heteroatoms. The molecule has 0 aromatic carbocycles. The Morgan fingerprint density at radius 2 is 1.92 bits per heavy atom. The molecule has 2 N–H and O–H groups in total. The molecule has 0 aromatic heterocycles. The van der Waals surface area contributed by atoms with Crippen LogP contribution in [0.4, 0.5) is 4.39 Å². The maximum absolute atomic E-state index is 13.5. The molecule has 0 amide bonds. The summed E-state index contributed by atoms with van der Waals surface area (Å²) in [5.41, 5.74) is 2.39. The van der Waals surface area contributed by atoms with Crippen molar-refractivity contribution in [3.05, 3.63) is 0 Å². The first-order chi connectivity index (χ1) is 5.29. The minimum atomic E-state index is -1.67. The number of hydrogen-bond acceptors (Lipinski definition) is 3. The highest BCUT2D eigenvalue weighted by Gasteiger charge is 2.47. The van der Waals surface area contributed by atoms with Crippen molar-refractivity contribution in [2.45, 2.75) is 26.4 Å². The van der Waals surface area contributed by atoms with Gasteiger partial charge in [-0.3, -0.25) is 4.79 Å². The summed E-state index contributed by atoms with van der Waals surface area (Å²) in [7, 11) is 1.22. The Balaban J connectivity index is 4.80. The van der Waals surface area contributed by atoms with Gasteiger partial charge in [-0.2, -0.15) is 0 Å². The van der Waals surface area contributed by atoms with Gasteiger partial charge in [0.05, 0.1) is 7.11 Å². The number of carbonyl (C=O) groups excluding carboxylic acids is 1. The minimum Gasteiger partial charge on any atom is -0.468 e. The van der Waals surface area contributed by atoms with E-state index in [9.17, 15) is 9.18 Å². The number of rotatable bonds is 3. The molecule has 0 rings (SSSR count). The zero-order valence-electron chi connectivity index (χ0n) is 7.98. The molecule has 0 heterocycles. The Labute approximate surface area is 72.1 Å². The van der Waals surface area contributed by atoms with Gasteiger partial charge in [0, 0.05) is 6.54 Å². The molecule has 0 saturated carbocycles. The topological polar surface area (TPSA) is 52.3 Å². The lowest BCUT2D eigenvalue weighted by atomic mass is 9.77. The molecule has 0 aliphatic carbocycles. The van der Waals surface area contributed by atoms with Crippen molar-refractivity contribution in [2.24, 2.45) is 11.1 Å². The Hall–Kier alpha value is -0.640. The predicted octanol–water partition coefficient (Wildman–Crippen LogP) is 0.872. The fourth-order valence-electron chi connectivity index (χ4n) is 0.794. The third kappa shape index (κ3) is 1.75. The molecule has 3 nitrogen and oxygen atoms in total. The fraction of sp³-hybridized carbons (Fsp3) is 0.875. The summed E-state index contributed by atoms with van der Waals surface area (Å²) in [6.45, 7) is 4.02. The average Bonchev–Trinajstić information content (AvgIpc) is 1.99. The van der Waals surface area contributed by atoms with E-state index in [1.165, 1.54) is 27.9 Å². The van der Waals surface area contributed by atoms with E-state index in [1.807, 2.05) is 0 Å². The molecule has 0 radical (unpaired) electrons. The third-order valence-electron chi connectivity index (χ3n) is 2.36. The lowest BCUT2D eigenvalue weighted by molar-refractivity contribution is -0.159. The number of methoxy groups -OCH3 is 1. The predicted molar refractivity (Wildman–Crippen MR) is 44.4 cm³/mol. The van der Waals surface area contributed by atoms with E-state index in [2.05, 4.69) is 4.74 Å². The summed E-state index contributed by atoms with van der Waals surface area (Å²) >= 11 is 0. The van der Waals surface area contributed by atoms with Crippen LogP contribution in [-0.4, -0.2) is 25.3 Å². The third-order valence-corrected chi connectivity index (χ3v) is 2.36. The molecule has 1 unspecified atom stereocenters. The summed E-state index contributed by atoms with van der Waals surface area (Å²) in [4.78, 5) is 11.2. The molecular weight excluding hydrogens is 161 g/mol. The van der Waals surface area contributed by atoms with Gasteiger partial charge >= 0.3 is 5.97 Å². The van der Waals surface area contributed by atoms with Crippen LogP contribution in [0.3, 0.4) is 0 Å². The van der Waals surface area contributed by atoms with E-state index in [4.69, 9.17) is 5.73 Å². The van der Waals surface area contributed by atoms with Crippen LogP contribution in [0.1, 0.15) is 20.8 Å². The molecule has 0 aliphatic heterocycles. The highest BCUT2D eigenvalue weighted by Crippen LogP contribution is 2.34. The monoisotopic (exact) mass is 177 g/mol. The van der Waals surface area contributed by atoms with Gasteiger partial charge in [0.25, 0.3) is 0 Å². The average molecular weight is 177 g/mol. The molecule has 0 aromatic rings. The zero-order valence-corrected chi connectivity index (χ0v) is 7.98. The van der Waals surface area contributed by atoms with Gasteiger partial charge in [-0.15, -0.1) is 0 Å². The Morgan fingerprint density at radius 1 is 1.50 bits per heavy atom. The first-order valence-electron chi connectivity index (χ1n) is 3.77. The molecule has 72 valence electrons. The van der Waals surface area contributed by atoms with Gasteiger partial charge in [-0.1, -0.05) is 0 Å². The van der Waals surface area contributed by atoms with E-state index in [1.54, 1.807) is 0 Å². The standard InChI is InChI=1S/C8H16FNO2/c1-7(2,9)8(3,5-10)6(11)12-4/h5,10H2,1-4H3. The Bertz CT molecular complexity index is 176. The summed E-state index contributed by atoms with van der Waals surface area (Å²) in [5.74, 6) is -0.613. The van der Waals surface area contributed by atoms with Crippen molar-refractivity contribution in [2.75, 3.05) is 13.7 Å². The van der Waals surface area contributed by atoms with Crippen LogP contribution < -0.4 is 5.73 Å². The number of alkyl halides is 1. The largest absolute Gasteiger partial charge is 0.468 e. The van der Waals surface area contributed by atoms with Crippen LogP contribution in [0.15, 0.2) is 0 Å². The summed E-state index contributed by atoms with van der Waals surface area (Å²) in [5, 5.41) is 0. The number of halogens is 1. The lowest BCUT2D eigenvalue weighted by Crippen LogP contribution is -2.50. The second kappa shape index (κ2) is 3.39. The minimum absolute atomic E-state index is 0.0663. The number of ether oxygens (including phenoxy) is 1. The van der Waals surface area contributed by atoms with Crippen molar-refractivity contribution in [1.82, 2.24) is 0 Å². The van der Waals surface area contributed by atoms with Gasteiger partial charge < -0.3 is 10.5 Å². The number of hydrogen-bond donors (Lipinski definition) is 1. The van der Waals surface area contributed by atoms with E-state index in [0.717, 1.165) is 0 Å². The normalized spacial score (nSPS) is 16.8. The summed E-state index contributed by atoms with van der Waals surface area (Å²) in [6.07, 6.45) is 0. The van der Waals surface area contributed by atoms with Gasteiger partial charge in [0.15, 0.2) is 0 Å². The molecule has 0 spiro atoms. The van der Waals surface area contributed by atoms with Crippen LogP contribution in [0.2, 0.25) is 0 Å². The lowest BCUT2D eigenvalue weighted by Gasteiger charge is -2.34. The van der Waals surface area contributed by atoms with Crippen LogP contribution in [-0.2, 0) is 9.53 Å². The number of esters is 1. The van der Waals surface area contributed by atoms with Gasteiger partial charge in [-0.05, 0) is 20.8 Å². The van der Waals surface area contributed by atoms with Crippen LogP contribution in [0, 0.1) is 5.41 Å². The first-order valence-corrected chi connectivity index (χ1v) is 3.77. The smallest absolute Gasteiger partial charge is 0.316 e. The van der Waals surface area contributed by atoms with Crippen molar-refractivity contribution in [3.8, 4) is 0 Å². The van der Waals surface area contributed by atoms with E-state index < -0.39 is 17.1 Å². The fourth-order valence-corrected chi connectivity index (χ4v) is 0.794. The van der Waals surface area contributed by atoms with Crippen molar-refractivity contribution < 1.29 is 13.9 Å². The van der Waals surface area contributed by atoms with Crippen LogP contribution >= 0.6 is 0 Å². The zero-order chi connectivity index (χ0) is 9.99. The van der Waals surface area contributed by atoms with Gasteiger partial charge in [0.2, 0.25) is 0 Å². The number of nitrogens with two attached hydrogens (primary N) is 1. The van der Waals surface area contributed by atoms with Crippen LogP contribution in [0.5, 0.6) is 0 Å². The SMILES string of the molecule is COC(=O)C(C)(CN)C(C)(C)F. The van der Waals surface area contributed by atoms with Crippen molar-refractivity contribution in [1.29, 1.82) is 0 Å². The first kappa shape index (κ1) is 11.4. The van der Waals surface area contributed by atoms with Gasteiger partial charge in [0.1, 0.15) is 11.1 Å². The Kier molecular flexibility index (Phi) is 3.21. The molecule has 0 aliphatic rings. The van der Waals surface area contributed by atoms with E-state index in [0.29, 0.717) is 0 Å². The second-order valence-corrected chi connectivity index (χ2v) is 3.50. The summed E-state index contributed by atoms with van der Waals surface area (Å²) < 4.78 is 18.0.